The molecule has 0 saturated carbocycles. The standard InChI is InChI=1S/C20H27N3O2S/c1-6-9-14(4)17(7-2)21-19(18(26)8-3)23-22-16-12-10-15(11-13-16)20(24)25-5/h6,8,10-13,19,22-23,26H,1,4,7,9H2,2-3,5H3/b18-8-,21-17-. The van der Waals surface area contributed by atoms with Crippen molar-refractivity contribution in [1.29, 1.82) is 0 Å². The largest absolute Gasteiger partial charge is 0.465 e. The van der Waals surface area contributed by atoms with Gasteiger partial charge >= 0.3 is 5.97 Å². The summed E-state index contributed by atoms with van der Waals surface area (Å²) in [7, 11) is 1.36. The van der Waals surface area contributed by atoms with Crippen LogP contribution in [-0.4, -0.2) is 25.0 Å². The number of carbonyl (C=O) groups excluding carboxylic acids is 1. The van der Waals surface area contributed by atoms with E-state index in [0.717, 1.165) is 28.3 Å². The van der Waals surface area contributed by atoms with Crippen LogP contribution in [-0.2, 0) is 4.74 Å². The number of carbonyl (C=O) groups is 1. The third-order valence-corrected chi connectivity index (χ3v) is 4.16. The first kappa shape index (κ1) is 21.7. The van der Waals surface area contributed by atoms with Crippen LogP contribution < -0.4 is 10.9 Å². The van der Waals surface area contributed by atoms with E-state index in [4.69, 9.17) is 9.73 Å². The molecule has 2 N–H and O–H groups in total. The van der Waals surface area contributed by atoms with E-state index in [9.17, 15) is 4.79 Å². The summed E-state index contributed by atoms with van der Waals surface area (Å²) in [5.41, 5.74) is 9.38. The highest BCUT2D eigenvalue weighted by molar-refractivity contribution is 7.84. The average Bonchev–Trinajstić information content (AvgIpc) is 2.67. The van der Waals surface area contributed by atoms with Crippen LogP contribution in [0.2, 0.25) is 0 Å². The Morgan fingerprint density at radius 2 is 2.04 bits per heavy atom. The van der Waals surface area contributed by atoms with Crippen molar-refractivity contribution in [3.63, 3.8) is 0 Å². The van der Waals surface area contributed by atoms with Gasteiger partial charge in [0, 0.05) is 16.3 Å². The maximum atomic E-state index is 11.5. The highest BCUT2D eigenvalue weighted by Gasteiger charge is 2.12. The van der Waals surface area contributed by atoms with Crippen LogP contribution in [0, 0.1) is 0 Å². The normalized spacial score (nSPS) is 13.1. The molecule has 0 aromatic heterocycles. The van der Waals surface area contributed by atoms with Crippen LogP contribution in [0.3, 0.4) is 0 Å². The molecule has 0 fully saturated rings. The molecule has 0 spiro atoms. The van der Waals surface area contributed by atoms with Crippen molar-refractivity contribution in [3.8, 4) is 0 Å². The molecule has 0 saturated heterocycles. The summed E-state index contributed by atoms with van der Waals surface area (Å²) in [6, 6.07) is 6.94. The fraction of sp³-hybridized carbons (Fsp3) is 0.300. The van der Waals surface area contributed by atoms with E-state index < -0.39 is 0 Å². The second kappa shape index (κ2) is 11.3. The number of nitrogens with zero attached hydrogens (tertiary/aromatic N) is 1. The van der Waals surface area contributed by atoms with Crippen LogP contribution in [0.15, 0.2) is 65.0 Å². The maximum Gasteiger partial charge on any atom is 0.337 e. The lowest BCUT2D eigenvalue weighted by atomic mass is 10.1. The highest BCUT2D eigenvalue weighted by atomic mass is 32.1. The van der Waals surface area contributed by atoms with Crippen molar-refractivity contribution in [2.24, 2.45) is 4.99 Å². The Labute approximate surface area is 161 Å². The van der Waals surface area contributed by atoms with Gasteiger partial charge < -0.3 is 10.2 Å². The molecule has 0 aliphatic carbocycles. The molecule has 0 radical (unpaired) electrons. The second-order valence-electron chi connectivity index (χ2n) is 5.48. The number of allylic oxidation sites excluding steroid dienone is 3. The first-order valence-corrected chi connectivity index (χ1v) is 8.82. The van der Waals surface area contributed by atoms with E-state index in [2.05, 4.69) is 36.6 Å². The summed E-state index contributed by atoms with van der Waals surface area (Å²) in [6.07, 6.45) is 4.80. The Morgan fingerprint density at radius 3 is 2.54 bits per heavy atom. The molecule has 0 aliphatic rings. The lowest BCUT2D eigenvalue weighted by Crippen LogP contribution is -2.34. The van der Waals surface area contributed by atoms with Crippen LogP contribution in [0.25, 0.3) is 0 Å². The lowest BCUT2D eigenvalue weighted by molar-refractivity contribution is 0.0601. The molecule has 1 unspecified atom stereocenters. The molecule has 140 valence electrons. The molecule has 26 heavy (non-hydrogen) atoms. The molecule has 0 bridgehead atoms. The molecule has 5 nitrogen and oxygen atoms in total. The molecule has 0 heterocycles. The lowest BCUT2D eigenvalue weighted by Gasteiger charge is -2.19. The molecule has 1 aromatic carbocycles. The van der Waals surface area contributed by atoms with E-state index >= 15 is 0 Å². The van der Waals surface area contributed by atoms with Crippen LogP contribution in [0.5, 0.6) is 0 Å². The first-order chi connectivity index (χ1) is 12.5. The molecule has 6 heteroatoms. The van der Waals surface area contributed by atoms with Crippen molar-refractivity contribution < 1.29 is 9.53 Å². The van der Waals surface area contributed by atoms with Crippen LogP contribution in [0.4, 0.5) is 5.69 Å². The van der Waals surface area contributed by atoms with Gasteiger partial charge in [0.2, 0.25) is 0 Å². The van der Waals surface area contributed by atoms with Gasteiger partial charge in [-0.1, -0.05) is 25.7 Å². The minimum absolute atomic E-state index is 0.361. The van der Waals surface area contributed by atoms with Crippen molar-refractivity contribution in [2.75, 3.05) is 12.5 Å². The molecule has 0 amide bonds. The van der Waals surface area contributed by atoms with Crippen molar-refractivity contribution in [2.45, 2.75) is 32.9 Å². The predicted molar refractivity (Wildman–Crippen MR) is 113 cm³/mol. The van der Waals surface area contributed by atoms with Gasteiger partial charge in [0.1, 0.15) is 6.17 Å². The van der Waals surface area contributed by atoms with Crippen molar-refractivity contribution in [1.82, 2.24) is 5.43 Å². The molecule has 1 atom stereocenters. The van der Waals surface area contributed by atoms with Crippen molar-refractivity contribution >= 4 is 30.0 Å². The van der Waals surface area contributed by atoms with E-state index in [-0.39, 0.29) is 12.1 Å². The van der Waals surface area contributed by atoms with E-state index in [1.807, 2.05) is 26.0 Å². The minimum Gasteiger partial charge on any atom is -0.465 e. The Bertz CT molecular complexity index is 694. The molecule has 0 aliphatic heterocycles. The number of hydrogen-bond acceptors (Lipinski definition) is 6. The number of hydrogen-bond donors (Lipinski definition) is 3. The average molecular weight is 374 g/mol. The van der Waals surface area contributed by atoms with Gasteiger partial charge in [-0.15, -0.1) is 19.2 Å². The van der Waals surface area contributed by atoms with Gasteiger partial charge in [-0.2, -0.15) is 0 Å². The summed E-state index contributed by atoms with van der Waals surface area (Å²) >= 11 is 4.50. The number of nitrogens with one attached hydrogen (secondary N) is 2. The van der Waals surface area contributed by atoms with Crippen LogP contribution in [0.1, 0.15) is 37.0 Å². The molecular formula is C20H27N3O2S. The van der Waals surface area contributed by atoms with Gasteiger partial charge in [0.15, 0.2) is 0 Å². The molecule has 1 rings (SSSR count). The number of rotatable bonds is 10. The van der Waals surface area contributed by atoms with Gasteiger partial charge in [0.25, 0.3) is 0 Å². The van der Waals surface area contributed by atoms with Crippen molar-refractivity contribution in [3.05, 3.63) is 65.6 Å². The number of hydrazine groups is 1. The number of anilines is 1. The third-order valence-electron chi connectivity index (χ3n) is 3.65. The SMILES string of the molecule is C=CCC(=C)/C(CC)=N\C(NNc1ccc(C(=O)OC)cc1)/C(S)=C/C. The number of thiol groups is 1. The number of ether oxygens (including phenoxy) is 1. The predicted octanol–water partition coefficient (Wildman–Crippen LogP) is 4.53. The Morgan fingerprint density at radius 1 is 1.38 bits per heavy atom. The second-order valence-corrected chi connectivity index (χ2v) is 6.00. The summed E-state index contributed by atoms with van der Waals surface area (Å²) in [4.78, 5) is 17.0. The highest BCUT2D eigenvalue weighted by Crippen LogP contribution is 2.15. The zero-order chi connectivity index (χ0) is 19.5. The number of methoxy groups -OCH3 is 1. The monoisotopic (exact) mass is 373 g/mol. The zero-order valence-corrected chi connectivity index (χ0v) is 16.5. The maximum absolute atomic E-state index is 11.5. The Balaban J connectivity index is 2.90. The quantitative estimate of drug-likeness (QED) is 0.185. The fourth-order valence-electron chi connectivity index (χ4n) is 2.17. The van der Waals surface area contributed by atoms with E-state index in [0.29, 0.717) is 12.0 Å². The Kier molecular flexibility index (Phi) is 9.47. The third kappa shape index (κ3) is 6.54. The summed E-state index contributed by atoms with van der Waals surface area (Å²) < 4.78 is 4.69. The van der Waals surface area contributed by atoms with E-state index in [1.165, 1.54) is 7.11 Å². The topological polar surface area (TPSA) is 62.7 Å². The van der Waals surface area contributed by atoms with E-state index in [1.54, 1.807) is 24.3 Å². The summed E-state index contributed by atoms with van der Waals surface area (Å²) in [6.45, 7) is 11.8. The molecule has 1 aromatic rings. The number of benzene rings is 1. The van der Waals surface area contributed by atoms with Gasteiger partial charge in [-0.25, -0.2) is 10.2 Å². The Hall–Kier alpha value is -2.31. The first-order valence-electron chi connectivity index (χ1n) is 8.37. The van der Waals surface area contributed by atoms with Gasteiger partial charge in [-0.3, -0.25) is 4.99 Å². The minimum atomic E-state index is -0.369. The summed E-state index contributed by atoms with van der Waals surface area (Å²) in [5.74, 6) is -0.369. The fourth-order valence-corrected chi connectivity index (χ4v) is 2.29. The number of aliphatic imine (C=N–C) groups is 1. The van der Waals surface area contributed by atoms with Gasteiger partial charge in [-0.05, 0) is 49.6 Å². The number of esters is 1. The molecular weight excluding hydrogens is 346 g/mol. The smallest absolute Gasteiger partial charge is 0.337 e. The summed E-state index contributed by atoms with van der Waals surface area (Å²) in [5, 5.41) is 0. The van der Waals surface area contributed by atoms with Crippen LogP contribution >= 0.6 is 12.6 Å². The van der Waals surface area contributed by atoms with Gasteiger partial charge in [0.05, 0.1) is 12.7 Å². The zero-order valence-electron chi connectivity index (χ0n) is 15.6.